The zero-order chi connectivity index (χ0) is 18.1. The Hall–Kier alpha value is -2.08. The average molecular weight is 355 g/mol. The van der Waals surface area contributed by atoms with Gasteiger partial charge in [0, 0.05) is 26.2 Å². The van der Waals surface area contributed by atoms with Crippen molar-refractivity contribution >= 4 is 17.1 Å². The first-order valence-corrected chi connectivity index (χ1v) is 9.84. The van der Waals surface area contributed by atoms with Crippen LogP contribution in [0.5, 0.6) is 0 Å². The van der Waals surface area contributed by atoms with E-state index in [4.69, 9.17) is 4.98 Å². The first kappa shape index (κ1) is 17.3. The molecule has 0 aliphatic carbocycles. The highest BCUT2D eigenvalue weighted by Gasteiger charge is 2.29. The number of para-hydroxylation sites is 2. The Bertz CT molecular complexity index is 772. The number of rotatable bonds is 3. The Kier molecular flexibility index (Phi) is 4.85. The quantitative estimate of drug-likeness (QED) is 0.921. The van der Waals surface area contributed by atoms with Gasteiger partial charge in [-0.1, -0.05) is 12.1 Å². The number of amides is 2. The largest absolute Gasteiger partial charge is 0.329 e. The minimum absolute atomic E-state index is 0.0319. The van der Waals surface area contributed by atoms with E-state index in [2.05, 4.69) is 20.9 Å². The van der Waals surface area contributed by atoms with E-state index in [0.29, 0.717) is 6.04 Å². The van der Waals surface area contributed by atoms with Crippen molar-refractivity contribution in [2.45, 2.75) is 44.7 Å². The maximum absolute atomic E-state index is 12.7. The summed E-state index contributed by atoms with van der Waals surface area (Å²) in [4.78, 5) is 22.0. The monoisotopic (exact) mass is 355 g/mol. The number of fused-ring (bicyclic) bond motifs is 1. The van der Waals surface area contributed by atoms with Crippen molar-refractivity contribution in [3.05, 3.63) is 30.1 Å². The summed E-state index contributed by atoms with van der Waals surface area (Å²) in [5.74, 6) is 0.895. The third kappa shape index (κ3) is 3.30. The second-order valence-electron chi connectivity index (χ2n) is 7.65. The average Bonchev–Trinajstić information content (AvgIpc) is 3.31. The summed E-state index contributed by atoms with van der Waals surface area (Å²) in [5, 5.41) is 3.14. The molecule has 0 saturated carbocycles. The second-order valence-corrected chi connectivity index (χ2v) is 7.65. The van der Waals surface area contributed by atoms with Crippen LogP contribution in [0.4, 0.5) is 4.79 Å². The summed E-state index contributed by atoms with van der Waals surface area (Å²) in [6.07, 6.45) is 4.84. The number of aromatic nitrogens is 2. The molecule has 6 heteroatoms. The molecule has 26 heavy (non-hydrogen) atoms. The van der Waals surface area contributed by atoms with E-state index >= 15 is 0 Å². The standard InChI is InChI=1S/C20H29N5O/c1-15(19-22-17-7-3-4-8-18(17)23(19)2)21-20(26)25-13-9-16(10-14-25)24-11-5-6-12-24/h3-4,7-8,15-16H,5-6,9-14H2,1-2H3,(H,21,26)/t15-/m1/s1. The van der Waals surface area contributed by atoms with Crippen LogP contribution in [0.2, 0.25) is 0 Å². The van der Waals surface area contributed by atoms with Gasteiger partial charge < -0.3 is 19.7 Å². The van der Waals surface area contributed by atoms with Crippen LogP contribution in [-0.4, -0.2) is 57.6 Å². The molecule has 3 heterocycles. The smallest absolute Gasteiger partial charge is 0.317 e. The van der Waals surface area contributed by atoms with Crippen LogP contribution < -0.4 is 5.32 Å². The number of nitrogens with zero attached hydrogens (tertiary/aromatic N) is 4. The van der Waals surface area contributed by atoms with Gasteiger partial charge in [-0.25, -0.2) is 9.78 Å². The number of likely N-dealkylation sites (tertiary alicyclic amines) is 2. The highest BCUT2D eigenvalue weighted by molar-refractivity contribution is 5.77. The molecule has 140 valence electrons. The first-order chi connectivity index (χ1) is 12.6. The molecule has 2 aliphatic heterocycles. The number of piperidine rings is 1. The van der Waals surface area contributed by atoms with Crippen molar-refractivity contribution < 1.29 is 4.79 Å². The lowest BCUT2D eigenvalue weighted by Gasteiger charge is -2.37. The molecule has 4 rings (SSSR count). The maximum atomic E-state index is 12.7. The van der Waals surface area contributed by atoms with E-state index in [-0.39, 0.29) is 12.1 Å². The zero-order valence-corrected chi connectivity index (χ0v) is 15.8. The van der Waals surface area contributed by atoms with Gasteiger partial charge >= 0.3 is 6.03 Å². The maximum Gasteiger partial charge on any atom is 0.317 e. The number of nitrogens with one attached hydrogen (secondary N) is 1. The van der Waals surface area contributed by atoms with Crippen LogP contribution in [0.3, 0.4) is 0 Å². The molecular formula is C20H29N5O. The van der Waals surface area contributed by atoms with E-state index in [9.17, 15) is 4.79 Å². The van der Waals surface area contributed by atoms with Crippen LogP contribution in [0.1, 0.15) is 44.5 Å². The number of carbonyl (C=O) groups excluding carboxylic acids is 1. The third-order valence-corrected chi connectivity index (χ3v) is 5.96. The minimum Gasteiger partial charge on any atom is -0.329 e. The molecule has 0 radical (unpaired) electrons. The summed E-state index contributed by atoms with van der Waals surface area (Å²) < 4.78 is 2.07. The van der Waals surface area contributed by atoms with Crippen molar-refractivity contribution in [1.82, 2.24) is 24.7 Å². The van der Waals surface area contributed by atoms with Gasteiger partial charge in [-0.05, 0) is 57.8 Å². The third-order valence-electron chi connectivity index (χ3n) is 5.96. The minimum atomic E-state index is -0.115. The van der Waals surface area contributed by atoms with Gasteiger partial charge in [0.05, 0.1) is 17.1 Å². The van der Waals surface area contributed by atoms with Crippen LogP contribution in [0.15, 0.2) is 24.3 Å². The lowest BCUT2D eigenvalue weighted by Crippen LogP contribution is -2.49. The summed E-state index contributed by atoms with van der Waals surface area (Å²) >= 11 is 0. The summed E-state index contributed by atoms with van der Waals surface area (Å²) in [6.45, 7) is 6.18. The van der Waals surface area contributed by atoms with Crippen molar-refractivity contribution in [2.24, 2.45) is 7.05 Å². The Morgan fingerprint density at radius 1 is 1.15 bits per heavy atom. The van der Waals surface area contributed by atoms with E-state index in [1.165, 1.54) is 25.9 Å². The molecule has 2 amide bonds. The van der Waals surface area contributed by atoms with Crippen molar-refractivity contribution in [3.63, 3.8) is 0 Å². The Labute approximate surface area is 155 Å². The van der Waals surface area contributed by atoms with Gasteiger partial charge in [-0.15, -0.1) is 0 Å². The molecule has 0 unspecified atom stereocenters. The fourth-order valence-corrected chi connectivity index (χ4v) is 4.43. The predicted molar refractivity (Wildman–Crippen MR) is 103 cm³/mol. The molecule has 2 aliphatic rings. The molecule has 1 aromatic heterocycles. The van der Waals surface area contributed by atoms with Gasteiger partial charge in [-0.3, -0.25) is 0 Å². The Morgan fingerprint density at radius 3 is 2.54 bits per heavy atom. The highest BCUT2D eigenvalue weighted by Crippen LogP contribution is 2.22. The number of imidazole rings is 1. The lowest BCUT2D eigenvalue weighted by atomic mass is 10.0. The van der Waals surface area contributed by atoms with Crippen molar-refractivity contribution in [1.29, 1.82) is 0 Å². The topological polar surface area (TPSA) is 53.4 Å². The summed E-state index contributed by atoms with van der Waals surface area (Å²) in [6, 6.07) is 8.66. The number of benzene rings is 1. The van der Waals surface area contributed by atoms with E-state index in [1.54, 1.807) is 0 Å². The number of aryl methyl sites for hydroxylation is 1. The molecule has 2 saturated heterocycles. The van der Waals surface area contributed by atoms with Gasteiger partial charge in [0.2, 0.25) is 0 Å². The number of carbonyl (C=O) groups is 1. The molecule has 1 atom stereocenters. The molecule has 2 fully saturated rings. The van der Waals surface area contributed by atoms with Gasteiger partial charge in [0.1, 0.15) is 5.82 Å². The van der Waals surface area contributed by atoms with Crippen LogP contribution in [0, 0.1) is 0 Å². The lowest BCUT2D eigenvalue weighted by molar-refractivity contribution is 0.132. The molecule has 0 bridgehead atoms. The number of hydrogen-bond acceptors (Lipinski definition) is 3. The van der Waals surface area contributed by atoms with Crippen LogP contribution in [0.25, 0.3) is 11.0 Å². The molecule has 0 spiro atoms. The molecule has 2 aromatic rings. The summed E-state index contributed by atoms with van der Waals surface area (Å²) in [5.41, 5.74) is 2.06. The second kappa shape index (κ2) is 7.27. The molecule has 6 nitrogen and oxygen atoms in total. The van der Waals surface area contributed by atoms with Gasteiger partial charge in [-0.2, -0.15) is 0 Å². The predicted octanol–water partition coefficient (Wildman–Crippen LogP) is 2.90. The number of hydrogen-bond donors (Lipinski definition) is 1. The number of urea groups is 1. The van der Waals surface area contributed by atoms with E-state index in [0.717, 1.165) is 42.8 Å². The zero-order valence-electron chi connectivity index (χ0n) is 15.8. The SMILES string of the molecule is C[C@@H](NC(=O)N1CCC(N2CCCC2)CC1)c1nc2ccccc2n1C. The molecule has 1 N–H and O–H groups in total. The van der Waals surface area contributed by atoms with Gasteiger partial charge in [0.25, 0.3) is 0 Å². The molecular weight excluding hydrogens is 326 g/mol. The Morgan fingerprint density at radius 2 is 1.85 bits per heavy atom. The normalized spacial score (nSPS) is 20.6. The highest BCUT2D eigenvalue weighted by atomic mass is 16.2. The van der Waals surface area contributed by atoms with Gasteiger partial charge in [0.15, 0.2) is 0 Å². The fourth-order valence-electron chi connectivity index (χ4n) is 4.43. The van der Waals surface area contributed by atoms with Crippen LogP contribution in [-0.2, 0) is 7.05 Å². The van der Waals surface area contributed by atoms with Crippen molar-refractivity contribution in [2.75, 3.05) is 26.2 Å². The van der Waals surface area contributed by atoms with E-state index < -0.39 is 0 Å². The molecule has 1 aromatic carbocycles. The fraction of sp³-hybridized carbons (Fsp3) is 0.600. The summed E-state index contributed by atoms with van der Waals surface area (Å²) in [7, 11) is 2.01. The van der Waals surface area contributed by atoms with Crippen molar-refractivity contribution in [3.8, 4) is 0 Å². The first-order valence-electron chi connectivity index (χ1n) is 9.84. The van der Waals surface area contributed by atoms with Crippen LogP contribution >= 0.6 is 0 Å². The Balaban J connectivity index is 1.36. The van der Waals surface area contributed by atoms with E-state index in [1.807, 2.05) is 37.1 Å².